The van der Waals surface area contributed by atoms with Crippen molar-refractivity contribution < 1.29 is 19.3 Å². The number of rotatable bonds is 5. The molecule has 4 atom stereocenters. The van der Waals surface area contributed by atoms with Crippen LogP contribution in [-0.4, -0.2) is 34.5 Å². The lowest BCUT2D eigenvalue weighted by Crippen LogP contribution is -2.51. The normalized spacial score (nSPS) is 23.8. The molecule has 0 aliphatic carbocycles. The molecule has 1 spiro atoms. The number of anilines is 2. The van der Waals surface area contributed by atoms with E-state index in [1.807, 2.05) is 66.4 Å². The van der Waals surface area contributed by atoms with Crippen LogP contribution in [0.15, 0.2) is 96.4 Å². The average molecular weight is 562 g/mol. The second kappa shape index (κ2) is 9.07. The van der Waals surface area contributed by atoms with E-state index in [9.17, 15) is 24.5 Å². The van der Waals surface area contributed by atoms with E-state index < -0.39 is 28.3 Å². The molecular formula is C32H23N3O5S. The van der Waals surface area contributed by atoms with Gasteiger partial charge in [0.2, 0.25) is 5.91 Å². The molecule has 0 saturated carbocycles. The minimum Gasteiger partial charge on any atom is -0.352 e. The highest BCUT2D eigenvalue weighted by Crippen LogP contribution is 2.59. The van der Waals surface area contributed by atoms with Gasteiger partial charge >= 0.3 is 0 Å². The van der Waals surface area contributed by atoms with Crippen LogP contribution in [0.2, 0.25) is 0 Å². The number of nitro benzene ring substituents is 1. The summed E-state index contributed by atoms with van der Waals surface area (Å²) in [5.41, 5.74) is 2.62. The standard InChI is InChI=1S/C32H23N3O5S/c1-18-17-26-32(22-8-3-4-9-23(22)33-31(32)38)27(30(37)25-11-6-16-41-25)28(34(26)24-10-5-2-7-21(18)24)29(36)19-12-14-20(15-13-19)35(39)40/h2-17,26-28H,1H3,(H,33,38)/t26-,27+,28-,32-/m1/s1. The van der Waals surface area contributed by atoms with Crippen molar-refractivity contribution in [3.8, 4) is 0 Å². The number of nitro groups is 1. The van der Waals surface area contributed by atoms with Gasteiger partial charge in [0, 0.05) is 34.6 Å². The van der Waals surface area contributed by atoms with Gasteiger partial charge in [-0.25, -0.2) is 0 Å². The highest BCUT2D eigenvalue weighted by Gasteiger charge is 2.70. The minimum absolute atomic E-state index is 0.139. The van der Waals surface area contributed by atoms with Crippen LogP contribution < -0.4 is 10.2 Å². The summed E-state index contributed by atoms with van der Waals surface area (Å²) >= 11 is 1.28. The van der Waals surface area contributed by atoms with E-state index >= 15 is 0 Å². The first-order valence-corrected chi connectivity index (χ1v) is 14.1. The molecule has 7 rings (SSSR count). The van der Waals surface area contributed by atoms with Crippen LogP contribution in [0, 0.1) is 16.0 Å². The Balaban J connectivity index is 1.53. The molecule has 0 bridgehead atoms. The summed E-state index contributed by atoms with van der Waals surface area (Å²) in [6.45, 7) is 1.98. The van der Waals surface area contributed by atoms with Crippen molar-refractivity contribution in [3.05, 3.63) is 128 Å². The molecular weight excluding hydrogens is 538 g/mol. The number of carbonyl (C=O) groups excluding carboxylic acids is 3. The molecule has 4 aromatic rings. The first kappa shape index (κ1) is 25.1. The van der Waals surface area contributed by atoms with E-state index in [-0.39, 0.29) is 28.7 Å². The molecule has 9 heteroatoms. The maximum absolute atomic E-state index is 14.6. The zero-order chi connectivity index (χ0) is 28.5. The lowest BCUT2D eigenvalue weighted by Gasteiger charge is -2.39. The van der Waals surface area contributed by atoms with Gasteiger partial charge in [-0.15, -0.1) is 11.3 Å². The first-order chi connectivity index (χ1) is 19.8. The van der Waals surface area contributed by atoms with E-state index in [0.717, 1.165) is 16.8 Å². The lowest BCUT2D eigenvalue weighted by molar-refractivity contribution is -0.384. The molecule has 1 amide bonds. The number of fused-ring (bicyclic) bond motifs is 6. The summed E-state index contributed by atoms with van der Waals surface area (Å²) < 4.78 is 0. The quantitative estimate of drug-likeness (QED) is 0.185. The molecule has 202 valence electrons. The second-order valence-electron chi connectivity index (χ2n) is 10.5. The van der Waals surface area contributed by atoms with Gasteiger partial charge in [-0.2, -0.15) is 0 Å². The summed E-state index contributed by atoms with van der Waals surface area (Å²) in [6, 6.07) is 22.3. The van der Waals surface area contributed by atoms with Crippen LogP contribution >= 0.6 is 11.3 Å². The Morgan fingerprint density at radius 3 is 2.41 bits per heavy atom. The van der Waals surface area contributed by atoms with Crippen LogP contribution in [0.3, 0.4) is 0 Å². The fraction of sp³-hybridized carbons (Fsp3) is 0.156. The maximum atomic E-state index is 14.6. The number of nitrogens with zero attached hydrogens (tertiary/aromatic N) is 2. The van der Waals surface area contributed by atoms with Crippen molar-refractivity contribution in [1.82, 2.24) is 0 Å². The second-order valence-corrected chi connectivity index (χ2v) is 11.5. The van der Waals surface area contributed by atoms with E-state index in [4.69, 9.17) is 0 Å². The third kappa shape index (κ3) is 3.42. The number of hydrogen-bond donors (Lipinski definition) is 1. The number of allylic oxidation sites excluding steroid dienone is 1. The van der Waals surface area contributed by atoms with Crippen molar-refractivity contribution in [1.29, 1.82) is 0 Å². The Morgan fingerprint density at radius 2 is 1.68 bits per heavy atom. The molecule has 1 fully saturated rings. The van der Waals surface area contributed by atoms with Gasteiger partial charge in [-0.05, 0) is 53.8 Å². The summed E-state index contributed by atoms with van der Waals surface area (Å²) in [5.74, 6) is -2.07. The smallest absolute Gasteiger partial charge is 0.269 e. The van der Waals surface area contributed by atoms with E-state index in [1.54, 1.807) is 17.5 Å². The van der Waals surface area contributed by atoms with Gasteiger partial charge in [0.15, 0.2) is 11.6 Å². The number of ketones is 2. The Labute approximate surface area is 239 Å². The van der Waals surface area contributed by atoms with Crippen LogP contribution in [0.25, 0.3) is 5.57 Å². The number of hydrogen-bond acceptors (Lipinski definition) is 7. The monoisotopic (exact) mass is 561 g/mol. The fourth-order valence-corrected chi connectivity index (χ4v) is 7.58. The summed E-state index contributed by atoms with van der Waals surface area (Å²) in [6.07, 6.45) is 2.00. The Morgan fingerprint density at radius 1 is 0.951 bits per heavy atom. The fourth-order valence-electron chi connectivity index (χ4n) is 6.88. The highest BCUT2D eigenvalue weighted by atomic mass is 32.1. The third-order valence-electron chi connectivity index (χ3n) is 8.56. The predicted octanol–water partition coefficient (Wildman–Crippen LogP) is 5.90. The number of amides is 1. The zero-order valence-corrected chi connectivity index (χ0v) is 22.6. The number of Topliss-reactive ketones (excluding diaryl/α,β-unsaturated/α-hetero) is 2. The molecule has 1 N–H and O–H groups in total. The minimum atomic E-state index is -1.40. The third-order valence-corrected chi connectivity index (χ3v) is 9.45. The number of nitrogens with one attached hydrogen (secondary N) is 1. The van der Waals surface area contributed by atoms with Crippen molar-refractivity contribution in [3.63, 3.8) is 0 Å². The predicted molar refractivity (Wildman–Crippen MR) is 156 cm³/mol. The van der Waals surface area contributed by atoms with Crippen molar-refractivity contribution in [2.75, 3.05) is 10.2 Å². The van der Waals surface area contributed by atoms with E-state index in [2.05, 4.69) is 5.32 Å². The highest BCUT2D eigenvalue weighted by molar-refractivity contribution is 7.12. The Bertz CT molecular complexity index is 1800. The molecule has 1 saturated heterocycles. The van der Waals surface area contributed by atoms with Gasteiger partial charge in [0.25, 0.3) is 5.69 Å². The number of para-hydroxylation sites is 2. The number of non-ortho nitro benzene ring substituents is 1. The maximum Gasteiger partial charge on any atom is 0.269 e. The molecule has 4 heterocycles. The van der Waals surface area contributed by atoms with E-state index in [0.29, 0.717) is 16.1 Å². The average Bonchev–Trinajstić information content (AvgIpc) is 3.70. The van der Waals surface area contributed by atoms with Gasteiger partial charge in [0.1, 0.15) is 11.5 Å². The summed E-state index contributed by atoms with van der Waals surface area (Å²) in [5, 5.41) is 16.1. The SMILES string of the molecule is CC1=C[C@H]2N(c3ccccc31)[C@@H](C(=O)c1ccc([N+](=O)[O-])cc1)[C@@H](C(=O)c1cccs1)[C@]21C(=O)Nc2ccccc21. The van der Waals surface area contributed by atoms with Gasteiger partial charge < -0.3 is 10.2 Å². The molecule has 41 heavy (non-hydrogen) atoms. The summed E-state index contributed by atoms with van der Waals surface area (Å²) in [4.78, 5) is 56.7. The number of carbonyl (C=O) groups is 3. The van der Waals surface area contributed by atoms with E-state index in [1.165, 1.54) is 35.6 Å². The van der Waals surface area contributed by atoms with Crippen molar-refractivity contribution in [2.24, 2.45) is 5.92 Å². The molecule has 3 aliphatic rings. The molecule has 3 aromatic carbocycles. The first-order valence-electron chi connectivity index (χ1n) is 13.2. The largest absolute Gasteiger partial charge is 0.352 e. The summed E-state index contributed by atoms with van der Waals surface area (Å²) in [7, 11) is 0. The zero-order valence-electron chi connectivity index (χ0n) is 21.8. The molecule has 0 radical (unpaired) electrons. The molecule has 0 unspecified atom stereocenters. The molecule has 3 aliphatic heterocycles. The topological polar surface area (TPSA) is 110 Å². The van der Waals surface area contributed by atoms with Crippen molar-refractivity contribution >= 4 is 51.4 Å². The lowest BCUT2D eigenvalue weighted by atomic mass is 9.64. The van der Waals surface area contributed by atoms with Gasteiger partial charge in [-0.3, -0.25) is 24.5 Å². The number of benzene rings is 3. The molecule has 1 aromatic heterocycles. The Kier molecular flexibility index (Phi) is 5.55. The van der Waals surface area contributed by atoms with Gasteiger partial charge in [0.05, 0.1) is 21.8 Å². The van der Waals surface area contributed by atoms with Crippen LogP contribution in [0.4, 0.5) is 17.1 Å². The van der Waals surface area contributed by atoms with Crippen LogP contribution in [0.5, 0.6) is 0 Å². The Hall–Kier alpha value is -4.89. The molecule has 8 nitrogen and oxygen atoms in total. The van der Waals surface area contributed by atoms with Crippen LogP contribution in [0.1, 0.15) is 38.1 Å². The van der Waals surface area contributed by atoms with Crippen molar-refractivity contribution in [2.45, 2.75) is 24.4 Å². The van der Waals surface area contributed by atoms with Gasteiger partial charge in [-0.1, -0.05) is 48.5 Å². The van der Waals surface area contributed by atoms with Crippen LogP contribution in [-0.2, 0) is 10.2 Å². The number of thiophene rings is 1.